The number of nitrogens with one attached hydrogen (secondary N) is 1. The summed E-state index contributed by atoms with van der Waals surface area (Å²) in [6.07, 6.45) is 0. The second kappa shape index (κ2) is 5.15. The van der Waals surface area contributed by atoms with Crippen molar-refractivity contribution < 1.29 is 4.39 Å². The fourth-order valence-electron chi connectivity index (χ4n) is 2.36. The normalized spacial score (nSPS) is 26.1. The van der Waals surface area contributed by atoms with Crippen LogP contribution in [-0.4, -0.2) is 30.1 Å². The Labute approximate surface area is 103 Å². The predicted octanol–water partition coefficient (Wildman–Crippen LogP) is 2.32. The minimum Gasteiger partial charge on any atom is -0.311 e. The lowest BCUT2D eigenvalue weighted by atomic mass is 10.1. The average Bonchev–Trinajstić information content (AvgIpc) is 2.29. The fourth-order valence-corrected chi connectivity index (χ4v) is 2.36. The first-order valence-corrected chi connectivity index (χ1v) is 6.28. The highest BCUT2D eigenvalue weighted by Gasteiger charge is 2.22. The molecule has 3 heteroatoms. The largest absolute Gasteiger partial charge is 0.311 e. The Morgan fingerprint density at radius 3 is 2.88 bits per heavy atom. The zero-order chi connectivity index (χ0) is 12.4. The summed E-state index contributed by atoms with van der Waals surface area (Å²) in [4.78, 5) is 2.45. The summed E-state index contributed by atoms with van der Waals surface area (Å²) in [6.45, 7) is 9.25. The molecule has 1 aromatic rings. The Balaban J connectivity index is 2.06. The van der Waals surface area contributed by atoms with Gasteiger partial charge >= 0.3 is 0 Å². The Morgan fingerprint density at radius 1 is 1.41 bits per heavy atom. The van der Waals surface area contributed by atoms with E-state index in [9.17, 15) is 4.39 Å². The van der Waals surface area contributed by atoms with Gasteiger partial charge in [-0.25, -0.2) is 4.39 Å². The van der Waals surface area contributed by atoms with Gasteiger partial charge in [0.05, 0.1) is 0 Å². The van der Waals surface area contributed by atoms with Gasteiger partial charge in [-0.05, 0) is 38.0 Å². The molecule has 0 radical (unpaired) electrons. The van der Waals surface area contributed by atoms with Crippen LogP contribution in [0.1, 0.15) is 25.0 Å². The predicted molar refractivity (Wildman–Crippen MR) is 68.5 cm³/mol. The van der Waals surface area contributed by atoms with Crippen LogP contribution in [0.4, 0.5) is 4.39 Å². The van der Waals surface area contributed by atoms with Crippen molar-refractivity contribution in [2.75, 3.05) is 13.1 Å². The number of piperazine rings is 1. The van der Waals surface area contributed by atoms with E-state index in [-0.39, 0.29) is 5.82 Å². The molecule has 0 spiro atoms. The van der Waals surface area contributed by atoms with Gasteiger partial charge in [0.2, 0.25) is 0 Å². The molecule has 1 fully saturated rings. The van der Waals surface area contributed by atoms with Crippen molar-refractivity contribution in [3.63, 3.8) is 0 Å². The number of aryl methyl sites for hydroxylation is 1. The van der Waals surface area contributed by atoms with Crippen molar-refractivity contribution in [1.82, 2.24) is 10.2 Å². The Hall–Kier alpha value is -0.930. The second-order valence-corrected chi connectivity index (χ2v) is 5.17. The number of benzene rings is 1. The van der Waals surface area contributed by atoms with Crippen molar-refractivity contribution in [2.45, 2.75) is 39.4 Å². The van der Waals surface area contributed by atoms with Gasteiger partial charge in [-0.1, -0.05) is 12.1 Å². The van der Waals surface area contributed by atoms with Crippen LogP contribution in [0.5, 0.6) is 0 Å². The molecule has 2 atom stereocenters. The van der Waals surface area contributed by atoms with Gasteiger partial charge in [0.25, 0.3) is 0 Å². The molecular weight excluding hydrogens is 215 g/mol. The molecule has 2 rings (SSSR count). The lowest BCUT2D eigenvalue weighted by Crippen LogP contribution is -2.53. The number of hydrogen-bond acceptors (Lipinski definition) is 2. The van der Waals surface area contributed by atoms with Gasteiger partial charge in [0, 0.05) is 31.7 Å². The molecule has 17 heavy (non-hydrogen) atoms. The molecule has 0 bridgehead atoms. The highest BCUT2D eigenvalue weighted by molar-refractivity contribution is 5.24. The summed E-state index contributed by atoms with van der Waals surface area (Å²) < 4.78 is 13.2. The minimum atomic E-state index is -0.115. The van der Waals surface area contributed by atoms with Gasteiger partial charge in [-0.3, -0.25) is 4.90 Å². The summed E-state index contributed by atoms with van der Waals surface area (Å²) in [7, 11) is 0. The molecule has 0 amide bonds. The van der Waals surface area contributed by atoms with Crippen LogP contribution in [0.3, 0.4) is 0 Å². The molecule has 1 heterocycles. The summed E-state index contributed by atoms with van der Waals surface area (Å²) in [5, 5.41) is 3.47. The number of nitrogens with zero attached hydrogens (tertiary/aromatic N) is 1. The summed E-state index contributed by atoms with van der Waals surface area (Å²) in [5.41, 5.74) is 1.93. The van der Waals surface area contributed by atoms with E-state index in [4.69, 9.17) is 0 Å². The van der Waals surface area contributed by atoms with Crippen molar-refractivity contribution in [2.24, 2.45) is 0 Å². The molecule has 1 aliphatic heterocycles. The third kappa shape index (κ3) is 3.05. The molecule has 0 aromatic heterocycles. The van der Waals surface area contributed by atoms with E-state index >= 15 is 0 Å². The van der Waals surface area contributed by atoms with Crippen molar-refractivity contribution in [3.8, 4) is 0 Å². The molecule has 1 N–H and O–H groups in total. The number of rotatable bonds is 2. The highest BCUT2D eigenvalue weighted by atomic mass is 19.1. The van der Waals surface area contributed by atoms with E-state index in [2.05, 4.69) is 24.1 Å². The maximum atomic E-state index is 13.2. The number of halogens is 1. The Kier molecular flexibility index (Phi) is 3.79. The molecular formula is C14H21FN2. The third-order valence-corrected chi connectivity index (χ3v) is 3.50. The number of hydrogen-bond donors (Lipinski definition) is 1. The van der Waals surface area contributed by atoms with Gasteiger partial charge in [0.1, 0.15) is 5.82 Å². The zero-order valence-corrected chi connectivity index (χ0v) is 10.8. The average molecular weight is 236 g/mol. The summed E-state index contributed by atoms with van der Waals surface area (Å²) >= 11 is 0. The fraction of sp³-hybridized carbons (Fsp3) is 0.571. The van der Waals surface area contributed by atoms with Crippen LogP contribution < -0.4 is 5.32 Å². The third-order valence-electron chi connectivity index (χ3n) is 3.50. The quantitative estimate of drug-likeness (QED) is 0.847. The summed E-state index contributed by atoms with van der Waals surface area (Å²) in [5.74, 6) is -0.115. The van der Waals surface area contributed by atoms with Crippen molar-refractivity contribution in [3.05, 3.63) is 35.1 Å². The molecule has 0 aliphatic carbocycles. The maximum Gasteiger partial charge on any atom is 0.126 e. The Morgan fingerprint density at radius 2 is 2.18 bits per heavy atom. The van der Waals surface area contributed by atoms with Crippen molar-refractivity contribution >= 4 is 0 Å². The highest BCUT2D eigenvalue weighted by Crippen LogP contribution is 2.15. The van der Waals surface area contributed by atoms with E-state index in [0.717, 1.165) is 25.2 Å². The van der Waals surface area contributed by atoms with Gasteiger partial charge in [-0.15, -0.1) is 0 Å². The van der Waals surface area contributed by atoms with Crippen LogP contribution >= 0.6 is 0 Å². The van der Waals surface area contributed by atoms with E-state index in [1.54, 1.807) is 6.07 Å². The van der Waals surface area contributed by atoms with Gasteiger partial charge in [-0.2, -0.15) is 0 Å². The molecule has 1 aromatic carbocycles. The SMILES string of the molecule is Cc1cc(CN2CC(C)NCC2C)ccc1F. The lowest BCUT2D eigenvalue weighted by molar-refractivity contribution is 0.139. The van der Waals surface area contributed by atoms with Gasteiger partial charge < -0.3 is 5.32 Å². The first-order chi connectivity index (χ1) is 8.06. The monoisotopic (exact) mass is 236 g/mol. The van der Waals surface area contributed by atoms with Gasteiger partial charge in [0.15, 0.2) is 0 Å². The van der Waals surface area contributed by atoms with Crippen LogP contribution in [0.2, 0.25) is 0 Å². The smallest absolute Gasteiger partial charge is 0.126 e. The first-order valence-electron chi connectivity index (χ1n) is 6.28. The van der Waals surface area contributed by atoms with E-state index < -0.39 is 0 Å². The summed E-state index contributed by atoms with van der Waals surface area (Å²) in [6, 6.07) is 6.49. The molecule has 1 saturated heterocycles. The minimum absolute atomic E-state index is 0.115. The van der Waals surface area contributed by atoms with Crippen LogP contribution in [-0.2, 0) is 6.54 Å². The second-order valence-electron chi connectivity index (χ2n) is 5.17. The first kappa shape index (κ1) is 12.5. The topological polar surface area (TPSA) is 15.3 Å². The lowest BCUT2D eigenvalue weighted by Gasteiger charge is -2.37. The zero-order valence-electron chi connectivity index (χ0n) is 10.8. The molecule has 1 aliphatic rings. The van der Waals surface area contributed by atoms with Crippen LogP contribution in [0.15, 0.2) is 18.2 Å². The molecule has 2 nitrogen and oxygen atoms in total. The molecule has 2 unspecified atom stereocenters. The standard InChI is InChI=1S/C14H21FN2/c1-10-6-13(4-5-14(10)15)9-17-8-11(2)16-7-12(17)3/h4-6,11-12,16H,7-9H2,1-3H3. The van der Waals surface area contributed by atoms with Crippen LogP contribution in [0.25, 0.3) is 0 Å². The van der Waals surface area contributed by atoms with Crippen LogP contribution in [0, 0.1) is 12.7 Å². The maximum absolute atomic E-state index is 13.2. The van der Waals surface area contributed by atoms with E-state index in [0.29, 0.717) is 12.1 Å². The molecule has 0 saturated carbocycles. The Bertz CT molecular complexity index is 392. The van der Waals surface area contributed by atoms with E-state index in [1.165, 1.54) is 5.56 Å². The van der Waals surface area contributed by atoms with E-state index in [1.807, 2.05) is 19.1 Å². The molecule has 94 valence electrons. The van der Waals surface area contributed by atoms with Crippen molar-refractivity contribution in [1.29, 1.82) is 0 Å².